The third kappa shape index (κ3) is 3.45. The van der Waals surface area contributed by atoms with Gasteiger partial charge < -0.3 is 10.1 Å². The summed E-state index contributed by atoms with van der Waals surface area (Å²) in [5, 5.41) is 2.97. The Labute approximate surface area is 137 Å². The van der Waals surface area contributed by atoms with Crippen LogP contribution in [-0.2, 0) is 10.2 Å². The Morgan fingerprint density at radius 2 is 1.87 bits per heavy atom. The molecule has 0 aromatic heterocycles. The maximum Gasteiger partial charge on any atom is 0.255 e. The molecule has 0 aliphatic carbocycles. The molecule has 3 nitrogen and oxygen atoms in total. The first-order valence-electron chi connectivity index (χ1n) is 7.78. The molecule has 2 aromatic rings. The molecule has 0 saturated carbocycles. The van der Waals surface area contributed by atoms with Gasteiger partial charge >= 0.3 is 0 Å². The Hall–Kier alpha value is -2.55. The van der Waals surface area contributed by atoms with Crippen LogP contribution in [-0.4, -0.2) is 12.5 Å². The van der Waals surface area contributed by atoms with E-state index in [0.29, 0.717) is 12.2 Å². The van der Waals surface area contributed by atoms with Gasteiger partial charge in [-0.25, -0.2) is 0 Å². The SMILES string of the molecule is CC(C)(C)c1cccc(NC(=O)C2=Cc3ccccc3OC2)c1. The monoisotopic (exact) mass is 307 g/mol. The van der Waals surface area contributed by atoms with E-state index in [-0.39, 0.29) is 11.3 Å². The zero-order valence-corrected chi connectivity index (χ0v) is 13.7. The molecule has 0 radical (unpaired) electrons. The minimum atomic E-state index is -0.120. The molecule has 2 aromatic carbocycles. The van der Waals surface area contributed by atoms with Gasteiger partial charge in [-0.1, -0.05) is 51.1 Å². The fraction of sp³-hybridized carbons (Fsp3) is 0.250. The van der Waals surface area contributed by atoms with Crippen molar-refractivity contribution >= 4 is 17.7 Å². The van der Waals surface area contributed by atoms with E-state index in [1.807, 2.05) is 48.5 Å². The standard InChI is InChI=1S/C20H21NO2/c1-20(2,3)16-8-6-9-17(12-16)21-19(22)15-11-14-7-4-5-10-18(14)23-13-15/h4-12H,13H2,1-3H3,(H,21,22). The van der Waals surface area contributed by atoms with Gasteiger partial charge in [-0.05, 0) is 35.3 Å². The van der Waals surface area contributed by atoms with Gasteiger partial charge in [-0.15, -0.1) is 0 Å². The highest BCUT2D eigenvalue weighted by atomic mass is 16.5. The number of ether oxygens (including phenoxy) is 1. The van der Waals surface area contributed by atoms with Crippen LogP contribution >= 0.6 is 0 Å². The van der Waals surface area contributed by atoms with Gasteiger partial charge in [-0.2, -0.15) is 0 Å². The van der Waals surface area contributed by atoms with Crippen LogP contribution in [0.1, 0.15) is 31.9 Å². The number of nitrogens with one attached hydrogen (secondary N) is 1. The number of anilines is 1. The number of carbonyl (C=O) groups is 1. The van der Waals surface area contributed by atoms with E-state index < -0.39 is 0 Å². The van der Waals surface area contributed by atoms with Gasteiger partial charge in [0.25, 0.3) is 5.91 Å². The van der Waals surface area contributed by atoms with Crippen molar-refractivity contribution < 1.29 is 9.53 Å². The smallest absolute Gasteiger partial charge is 0.255 e. The van der Waals surface area contributed by atoms with Crippen molar-refractivity contribution in [3.63, 3.8) is 0 Å². The maximum atomic E-state index is 12.5. The lowest BCUT2D eigenvalue weighted by Gasteiger charge is -2.20. The van der Waals surface area contributed by atoms with Crippen LogP contribution in [0.5, 0.6) is 5.75 Å². The molecule has 0 spiro atoms. The molecule has 0 atom stereocenters. The van der Waals surface area contributed by atoms with E-state index in [0.717, 1.165) is 17.0 Å². The summed E-state index contributed by atoms with van der Waals surface area (Å²) in [4.78, 5) is 12.5. The Bertz CT molecular complexity index is 769. The van der Waals surface area contributed by atoms with Crippen LogP contribution in [0.15, 0.2) is 54.1 Å². The van der Waals surface area contributed by atoms with Crippen LogP contribution < -0.4 is 10.1 Å². The van der Waals surface area contributed by atoms with E-state index in [1.54, 1.807) is 0 Å². The van der Waals surface area contributed by atoms with Crippen molar-refractivity contribution in [1.82, 2.24) is 0 Å². The molecule has 0 fully saturated rings. The highest BCUT2D eigenvalue weighted by Crippen LogP contribution is 2.27. The molecule has 3 heteroatoms. The van der Waals surface area contributed by atoms with Crippen molar-refractivity contribution in [3.05, 3.63) is 65.2 Å². The predicted molar refractivity (Wildman–Crippen MR) is 93.7 cm³/mol. The average molecular weight is 307 g/mol. The zero-order valence-electron chi connectivity index (χ0n) is 13.7. The highest BCUT2D eigenvalue weighted by Gasteiger charge is 2.18. The molecule has 0 unspecified atom stereocenters. The highest BCUT2D eigenvalue weighted by molar-refractivity contribution is 6.07. The lowest BCUT2D eigenvalue weighted by atomic mass is 9.87. The minimum absolute atomic E-state index is 0.0485. The van der Waals surface area contributed by atoms with Gasteiger partial charge in [0.2, 0.25) is 0 Å². The van der Waals surface area contributed by atoms with Crippen LogP contribution in [0.2, 0.25) is 0 Å². The van der Waals surface area contributed by atoms with E-state index in [9.17, 15) is 4.79 Å². The predicted octanol–water partition coefficient (Wildman–Crippen LogP) is 4.40. The zero-order chi connectivity index (χ0) is 16.4. The first-order chi connectivity index (χ1) is 10.9. The van der Waals surface area contributed by atoms with Crippen LogP contribution in [0, 0.1) is 0 Å². The summed E-state index contributed by atoms with van der Waals surface area (Å²) < 4.78 is 5.64. The Balaban J connectivity index is 1.79. The fourth-order valence-electron chi connectivity index (χ4n) is 2.52. The number of rotatable bonds is 2. The summed E-state index contributed by atoms with van der Waals surface area (Å²) in [6, 6.07) is 15.7. The molecule has 1 aliphatic rings. The molecule has 1 N–H and O–H groups in total. The van der Waals surface area contributed by atoms with Crippen LogP contribution in [0.4, 0.5) is 5.69 Å². The van der Waals surface area contributed by atoms with E-state index in [4.69, 9.17) is 4.74 Å². The molecule has 118 valence electrons. The molecule has 1 amide bonds. The average Bonchev–Trinajstić information content (AvgIpc) is 2.54. The molecular weight excluding hydrogens is 286 g/mol. The summed E-state index contributed by atoms with van der Waals surface area (Å²) in [6.07, 6.45) is 1.89. The first-order valence-corrected chi connectivity index (χ1v) is 7.78. The van der Waals surface area contributed by atoms with Gasteiger partial charge in [0, 0.05) is 11.3 Å². The van der Waals surface area contributed by atoms with E-state index in [1.165, 1.54) is 5.56 Å². The minimum Gasteiger partial charge on any atom is -0.488 e. The number of fused-ring (bicyclic) bond motifs is 1. The fourth-order valence-corrected chi connectivity index (χ4v) is 2.52. The molecular formula is C20H21NO2. The summed E-state index contributed by atoms with van der Waals surface area (Å²) >= 11 is 0. The summed E-state index contributed by atoms with van der Waals surface area (Å²) in [5.41, 5.74) is 3.61. The van der Waals surface area contributed by atoms with Gasteiger partial charge in [0.05, 0.1) is 5.57 Å². The molecule has 0 saturated heterocycles. The number of hydrogen-bond acceptors (Lipinski definition) is 2. The van der Waals surface area contributed by atoms with E-state index >= 15 is 0 Å². The second-order valence-corrected chi connectivity index (χ2v) is 6.78. The van der Waals surface area contributed by atoms with Crippen molar-refractivity contribution in [2.24, 2.45) is 0 Å². The lowest BCUT2D eigenvalue weighted by molar-refractivity contribution is -0.113. The van der Waals surface area contributed by atoms with Crippen molar-refractivity contribution in [1.29, 1.82) is 0 Å². The van der Waals surface area contributed by atoms with Crippen LogP contribution in [0.3, 0.4) is 0 Å². The largest absolute Gasteiger partial charge is 0.488 e. The number of hydrogen-bond donors (Lipinski definition) is 1. The molecule has 0 bridgehead atoms. The molecule has 23 heavy (non-hydrogen) atoms. The molecule has 1 aliphatic heterocycles. The van der Waals surface area contributed by atoms with Gasteiger partial charge in [0.15, 0.2) is 0 Å². The number of para-hydroxylation sites is 1. The number of amides is 1. The second kappa shape index (κ2) is 5.92. The Morgan fingerprint density at radius 3 is 2.65 bits per heavy atom. The normalized spacial score (nSPS) is 13.6. The second-order valence-electron chi connectivity index (χ2n) is 6.78. The van der Waals surface area contributed by atoms with Crippen molar-refractivity contribution in [2.75, 3.05) is 11.9 Å². The Morgan fingerprint density at radius 1 is 1.09 bits per heavy atom. The lowest BCUT2D eigenvalue weighted by Crippen LogP contribution is -2.21. The van der Waals surface area contributed by atoms with Gasteiger partial charge in [-0.3, -0.25) is 4.79 Å². The maximum absolute atomic E-state index is 12.5. The molecule has 3 rings (SSSR count). The third-order valence-corrected chi connectivity index (χ3v) is 3.91. The number of carbonyl (C=O) groups excluding carboxylic acids is 1. The summed E-state index contributed by atoms with van der Waals surface area (Å²) in [5.74, 6) is 0.698. The summed E-state index contributed by atoms with van der Waals surface area (Å²) in [6.45, 7) is 6.76. The first kappa shape index (κ1) is 15.3. The molecule has 1 heterocycles. The topological polar surface area (TPSA) is 38.3 Å². The quantitative estimate of drug-likeness (QED) is 0.893. The van der Waals surface area contributed by atoms with Crippen molar-refractivity contribution in [2.45, 2.75) is 26.2 Å². The number of benzene rings is 2. The van der Waals surface area contributed by atoms with Crippen LogP contribution in [0.25, 0.3) is 6.08 Å². The summed E-state index contributed by atoms with van der Waals surface area (Å²) in [7, 11) is 0. The third-order valence-electron chi connectivity index (χ3n) is 3.91. The van der Waals surface area contributed by atoms with E-state index in [2.05, 4.69) is 32.2 Å². The Kier molecular flexibility index (Phi) is 3.95. The van der Waals surface area contributed by atoms with Gasteiger partial charge in [0.1, 0.15) is 12.4 Å². The van der Waals surface area contributed by atoms with Crippen molar-refractivity contribution in [3.8, 4) is 5.75 Å².